The fraction of sp³-hybridized carbons (Fsp3) is 0.909. The van der Waals surface area contributed by atoms with Gasteiger partial charge in [-0.15, -0.1) is 0 Å². The first-order valence-electron chi connectivity index (χ1n) is 5.43. The minimum absolute atomic E-state index is 0.167. The molecule has 0 aliphatic carbocycles. The minimum Gasteiger partial charge on any atom is -0.481 e. The molecular weight excluding hydrogens is 196 g/mol. The molecule has 0 radical (unpaired) electrons. The molecule has 88 valence electrons. The van der Waals surface area contributed by atoms with Crippen LogP contribution in [0.1, 0.15) is 53.9 Å². The number of aliphatic carboxylic acids is 1. The van der Waals surface area contributed by atoms with Crippen LogP contribution < -0.4 is 0 Å². The van der Waals surface area contributed by atoms with Crippen molar-refractivity contribution in [3.05, 3.63) is 0 Å². The van der Waals surface area contributed by atoms with E-state index in [-0.39, 0.29) is 5.92 Å². The van der Waals surface area contributed by atoms with Gasteiger partial charge >= 0.3 is 5.97 Å². The maximum atomic E-state index is 10.1. The van der Waals surface area contributed by atoms with E-state index in [2.05, 4.69) is 19.6 Å². The van der Waals surface area contributed by atoms with Crippen molar-refractivity contribution in [1.29, 1.82) is 0 Å². The normalized spacial score (nSPS) is 10.1. The lowest BCUT2D eigenvalue weighted by Crippen LogP contribution is -2.08. The van der Waals surface area contributed by atoms with E-state index in [0.29, 0.717) is 0 Å². The van der Waals surface area contributed by atoms with Gasteiger partial charge in [0.15, 0.2) is 0 Å². The van der Waals surface area contributed by atoms with Crippen LogP contribution in [0.5, 0.6) is 0 Å². The van der Waals surface area contributed by atoms with Crippen molar-refractivity contribution in [3.8, 4) is 0 Å². The Morgan fingerprint density at radius 1 is 1.29 bits per heavy atom. The molecular formula is C11H26O2S. The molecule has 0 amide bonds. The average Bonchev–Trinajstić information content (AvgIpc) is 2.21. The smallest absolute Gasteiger partial charge is 0.306 e. The zero-order valence-corrected chi connectivity index (χ0v) is 11.1. The van der Waals surface area contributed by atoms with Gasteiger partial charge in [-0.05, 0) is 18.6 Å². The third-order valence-electron chi connectivity index (χ3n) is 1.37. The van der Waals surface area contributed by atoms with Gasteiger partial charge in [0.2, 0.25) is 0 Å². The van der Waals surface area contributed by atoms with Crippen LogP contribution in [0.2, 0.25) is 0 Å². The number of carboxylic acid groups (broad SMARTS) is 1. The standard InChI is InChI=1S/C6H12O2.C3H8S.C2H6/c1-3-4-5(2)6(7)8;1-2-3-4;1-2/h5H,3-4H2,1-2H3,(H,7,8);4H,2-3H2,1H3;1-2H3/t5-;;/m0../s1. The van der Waals surface area contributed by atoms with Gasteiger partial charge in [0.05, 0.1) is 5.92 Å². The summed E-state index contributed by atoms with van der Waals surface area (Å²) in [6.07, 6.45) is 2.92. The fourth-order valence-corrected chi connectivity index (χ4v) is 0.556. The van der Waals surface area contributed by atoms with E-state index in [1.807, 2.05) is 20.8 Å². The summed E-state index contributed by atoms with van der Waals surface area (Å²) in [6.45, 7) is 9.82. The molecule has 0 bridgehead atoms. The van der Waals surface area contributed by atoms with Crippen molar-refractivity contribution in [2.75, 3.05) is 5.75 Å². The monoisotopic (exact) mass is 222 g/mol. The number of thiol groups is 1. The van der Waals surface area contributed by atoms with Crippen LogP contribution in [-0.4, -0.2) is 16.8 Å². The second-order valence-corrected chi connectivity index (χ2v) is 3.20. The lowest BCUT2D eigenvalue weighted by atomic mass is 10.1. The van der Waals surface area contributed by atoms with Crippen LogP contribution in [0.15, 0.2) is 0 Å². The molecule has 0 saturated carbocycles. The Hall–Kier alpha value is -0.180. The molecule has 1 N–H and O–H groups in total. The van der Waals surface area contributed by atoms with E-state index in [0.717, 1.165) is 18.6 Å². The van der Waals surface area contributed by atoms with Crippen LogP contribution in [0.25, 0.3) is 0 Å². The summed E-state index contributed by atoms with van der Waals surface area (Å²) in [4.78, 5) is 10.1. The van der Waals surface area contributed by atoms with Gasteiger partial charge in [-0.1, -0.05) is 41.0 Å². The zero-order valence-electron chi connectivity index (χ0n) is 10.2. The van der Waals surface area contributed by atoms with Gasteiger partial charge in [-0.2, -0.15) is 12.6 Å². The Balaban J connectivity index is -0.000000170. The third kappa shape index (κ3) is 22.6. The highest BCUT2D eigenvalue weighted by Gasteiger charge is 2.07. The molecule has 0 aromatic carbocycles. The maximum Gasteiger partial charge on any atom is 0.306 e. The molecule has 0 unspecified atom stereocenters. The van der Waals surface area contributed by atoms with Crippen molar-refractivity contribution >= 4 is 18.6 Å². The number of carboxylic acids is 1. The average molecular weight is 222 g/mol. The first kappa shape index (κ1) is 19.4. The van der Waals surface area contributed by atoms with Crippen LogP contribution in [-0.2, 0) is 4.79 Å². The van der Waals surface area contributed by atoms with Gasteiger partial charge in [-0.25, -0.2) is 0 Å². The van der Waals surface area contributed by atoms with E-state index in [9.17, 15) is 4.79 Å². The molecule has 0 fully saturated rings. The quantitative estimate of drug-likeness (QED) is 0.709. The van der Waals surface area contributed by atoms with Crippen LogP contribution in [0.4, 0.5) is 0 Å². The molecule has 0 spiro atoms. The van der Waals surface area contributed by atoms with Crippen LogP contribution >= 0.6 is 12.6 Å². The van der Waals surface area contributed by atoms with Gasteiger partial charge in [0.25, 0.3) is 0 Å². The molecule has 0 rings (SSSR count). The van der Waals surface area contributed by atoms with Gasteiger partial charge in [-0.3, -0.25) is 4.79 Å². The van der Waals surface area contributed by atoms with Crippen molar-refractivity contribution in [3.63, 3.8) is 0 Å². The molecule has 0 aromatic heterocycles. The van der Waals surface area contributed by atoms with Crippen molar-refractivity contribution in [1.82, 2.24) is 0 Å². The topological polar surface area (TPSA) is 37.3 Å². The number of hydrogen-bond donors (Lipinski definition) is 2. The molecule has 0 aromatic rings. The van der Waals surface area contributed by atoms with Crippen LogP contribution in [0, 0.1) is 5.92 Å². The molecule has 0 saturated heterocycles. The number of carbonyl (C=O) groups is 1. The first-order valence-corrected chi connectivity index (χ1v) is 6.06. The molecule has 0 aliphatic heterocycles. The number of rotatable bonds is 4. The lowest BCUT2D eigenvalue weighted by Gasteiger charge is -2.00. The summed E-state index contributed by atoms with van der Waals surface area (Å²) in [7, 11) is 0. The predicted octanol–water partition coefficient (Wildman–Crippen LogP) is 3.86. The Bertz CT molecular complexity index is 103. The molecule has 2 nitrogen and oxygen atoms in total. The first-order chi connectivity index (χ1) is 6.59. The highest BCUT2D eigenvalue weighted by molar-refractivity contribution is 7.80. The maximum absolute atomic E-state index is 10.1. The van der Waals surface area contributed by atoms with Gasteiger partial charge in [0, 0.05) is 0 Å². The van der Waals surface area contributed by atoms with Crippen molar-refractivity contribution in [2.24, 2.45) is 5.92 Å². The second-order valence-electron chi connectivity index (χ2n) is 2.75. The molecule has 0 aliphatic rings. The van der Waals surface area contributed by atoms with E-state index in [1.165, 1.54) is 6.42 Å². The lowest BCUT2D eigenvalue weighted by molar-refractivity contribution is -0.141. The highest BCUT2D eigenvalue weighted by atomic mass is 32.1. The summed E-state index contributed by atoms with van der Waals surface area (Å²) in [5, 5.41) is 8.31. The van der Waals surface area contributed by atoms with Gasteiger partial charge in [0.1, 0.15) is 0 Å². The summed E-state index contributed by atoms with van der Waals surface area (Å²) in [6, 6.07) is 0. The molecule has 14 heavy (non-hydrogen) atoms. The van der Waals surface area contributed by atoms with Crippen molar-refractivity contribution < 1.29 is 9.90 Å². The second kappa shape index (κ2) is 18.6. The fourth-order valence-electron chi connectivity index (χ4n) is 0.556. The Kier molecular flexibility index (Phi) is 25.7. The van der Waals surface area contributed by atoms with Crippen LogP contribution in [0.3, 0.4) is 0 Å². The number of hydrogen-bond acceptors (Lipinski definition) is 2. The molecule has 1 atom stereocenters. The SMILES string of the molecule is CC.CCCS.CCC[C@H](C)C(=O)O. The van der Waals surface area contributed by atoms with E-state index in [4.69, 9.17) is 5.11 Å². The van der Waals surface area contributed by atoms with E-state index in [1.54, 1.807) is 6.92 Å². The summed E-state index contributed by atoms with van der Waals surface area (Å²) < 4.78 is 0. The largest absolute Gasteiger partial charge is 0.481 e. The van der Waals surface area contributed by atoms with Crippen molar-refractivity contribution in [2.45, 2.75) is 53.9 Å². The highest BCUT2D eigenvalue weighted by Crippen LogP contribution is 2.03. The Labute approximate surface area is 94.5 Å². The summed E-state index contributed by atoms with van der Waals surface area (Å²) in [5.74, 6) is 0.159. The van der Waals surface area contributed by atoms with E-state index < -0.39 is 5.97 Å². The minimum atomic E-state index is -0.688. The zero-order chi connectivity index (χ0) is 12.0. The summed E-state index contributed by atoms with van der Waals surface area (Å²) >= 11 is 3.92. The Morgan fingerprint density at radius 2 is 1.64 bits per heavy atom. The summed E-state index contributed by atoms with van der Waals surface area (Å²) in [5.41, 5.74) is 0. The van der Waals surface area contributed by atoms with Gasteiger partial charge < -0.3 is 5.11 Å². The molecule has 3 heteroatoms. The predicted molar refractivity (Wildman–Crippen MR) is 67.2 cm³/mol. The third-order valence-corrected chi connectivity index (χ3v) is 1.81. The molecule has 0 heterocycles. The van der Waals surface area contributed by atoms with E-state index >= 15 is 0 Å². The Morgan fingerprint density at radius 3 is 1.71 bits per heavy atom.